The first-order valence-electron chi connectivity index (χ1n) is 4.73. The summed E-state index contributed by atoms with van der Waals surface area (Å²) in [5, 5.41) is 2.41. The largest absolute Gasteiger partial charge is 0.369 e. The number of benzene rings is 1. The number of carbonyl (C=O) groups is 1. The van der Waals surface area contributed by atoms with Gasteiger partial charge >= 0.3 is 0 Å². The number of hydrogen-bond donors (Lipinski definition) is 2. The number of thiol groups is 1. The zero-order valence-corrected chi connectivity index (χ0v) is 9.59. The fourth-order valence-corrected chi connectivity index (χ4v) is 1.49. The lowest BCUT2D eigenvalue weighted by Crippen LogP contribution is -2.06. The normalized spacial score (nSPS) is 10.4. The van der Waals surface area contributed by atoms with Crippen LogP contribution in [0.1, 0.15) is 23.7 Å². The Morgan fingerprint density at radius 1 is 1.44 bits per heavy atom. The fourth-order valence-electron chi connectivity index (χ4n) is 1.19. The molecule has 1 aromatic carbocycles. The molecule has 0 heterocycles. The molecule has 6 heteroatoms. The van der Waals surface area contributed by atoms with Crippen molar-refractivity contribution < 1.29 is 17.6 Å². The van der Waals surface area contributed by atoms with Gasteiger partial charge in [-0.3, -0.25) is 4.79 Å². The number of Topliss-reactive ketones (excluding diaryl/α,β-unsaturated/α-hetero) is 1. The molecule has 0 spiro atoms. The second kappa shape index (κ2) is 5.60. The van der Waals surface area contributed by atoms with Crippen molar-refractivity contribution in [3.05, 3.63) is 29.6 Å². The van der Waals surface area contributed by atoms with Crippen LogP contribution in [0, 0.1) is 5.82 Å². The van der Waals surface area contributed by atoms with Crippen LogP contribution < -0.4 is 5.32 Å². The first-order chi connectivity index (χ1) is 7.54. The standard InChI is InChI=1S/C10H12FNO3S/c1-2-10(13)7-3-4-8(11)9(5-7)12-6-16(14)15/h3-5,12,16H,2,6H2,1H3. The Bertz CT molecular complexity index is 463. The quantitative estimate of drug-likeness (QED) is 0.608. The first kappa shape index (κ1) is 12.6. The summed E-state index contributed by atoms with van der Waals surface area (Å²) in [4.78, 5) is 11.3. The molecule has 88 valence electrons. The van der Waals surface area contributed by atoms with E-state index >= 15 is 0 Å². The van der Waals surface area contributed by atoms with Crippen LogP contribution in [-0.4, -0.2) is 20.1 Å². The summed E-state index contributed by atoms with van der Waals surface area (Å²) in [5.74, 6) is -1.05. The van der Waals surface area contributed by atoms with E-state index in [-0.39, 0.29) is 17.3 Å². The molecule has 0 radical (unpaired) electrons. The Labute approximate surface area is 94.4 Å². The minimum atomic E-state index is -2.63. The van der Waals surface area contributed by atoms with Crippen LogP contribution in [0.5, 0.6) is 0 Å². The number of anilines is 1. The van der Waals surface area contributed by atoms with Gasteiger partial charge in [0.15, 0.2) is 16.5 Å². The first-order valence-corrected chi connectivity index (χ1v) is 6.09. The number of rotatable bonds is 5. The van der Waals surface area contributed by atoms with Crippen LogP contribution in [0.2, 0.25) is 0 Å². The molecule has 0 amide bonds. The van der Waals surface area contributed by atoms with Gasteiger partial charge < -0.3 is 5.32 Å². The number of hydrogen-bond acceptors (Lipinski definition) is 4. The van der Waals surface area contributed by atoms with Crippen molar-refractivity contribution in [2.45, 2.75) is 13.3 Å². The van der Waals surface area contributed by atoms with E-state index in [0.717, 1.165) is 6.07 Å². The molecule has 0 aliphatic carbocycles. The lowest BCUT2D eigenvalue weighted by molar-refractivity contribution is 0.0988. The molecule has 1 N–H and O–H groups in total. The molecule has 0 saturated carbocycles. The second-order valence-corrected chi connectivity index (χ2v) is 4.12. The van der Waals surface area contributed by atoms with Crippen LogP contribution in [0.3, 0.4) is 0 Å². The highest BCUT2D eigenvalue weighted by molar-refractivity contribution is 7.72. The van der Waals surface area contributed by atoms with Gasteiger partial charge in [-0.2, -0.15) is 0 Å². The third-order valence-electron chi connectivity index (χ3n) is 2.01. The summed E-state index contributed by atoms with van der Waals surface area (Å²) in [5.41, 5.74) is 0.394. The molecule has 0 aromatic heterocycles. The lowest BCUT2D eigenvalue weighted by Gasteiger charge is -2.06. The highest BCUT2D eigenvalue weighted by Crippen LogP contribution is 2.17. The SMILES string of the molecule is CCC(=O)c1ccc(F)c(NC[SH](=O)=O)c1. The third kappa shape index (κ3) is 3.30. The monoisotopic (exact) mass is 245 g/mol. The van der Waals surface area contributed by atoms with E-state index in [1.165, 1.54) is 12.1 Å². The fraction of sp³-hybridized carbons (Fsp3) is 0.300. The molecule has 0 aliphatic heterocycles. The molecule has 1 aromatic rings. The van der Waals surface area contributed by atoms with Gasteiger partial charge in [0.25, 0.3) is 0 Å². The van der Waals surface area contributed by atoms with Gasteiger partial charge in [-0.05, 0) is 18.2 Å². The molecule has 0 aliphatic rings. The van der Waals surface area contributed by atoms with Gasteiger partial charge in [0, 0.05) is 12.0 Å². The number of nitrogens with one attached hydrogen (secondary N) is 1. The Kier molecular flexibility index (Phi) is 4.42. The zero-order valence-electron chi connectivity index (χ0n) is 8.70. The minimum Gasteiger partial charge on any atom is -0.369 e. The second-order valence-electron chi connectivity index (χ2n) is 3.14. The Hall–Kier alpha value is -1.43. The maximum atomic E-state index is 13.2. The Morgan fingerprint density at radius 2 is 2.12 bits per heavy atom. The van der Waals surface area contributed by atoms with Crippen molar-refractivity contribution in [1.82, 2.24) is 0 Å². The van der Waals surface area contributed by atoms with Crippen LogP contribution >= 0.6 is 0 Å². The average molecular weight is 245 g/mol. The average Bonchev–Trinajstić information content (AvgIpc) is 2.26. The van der Waals surface area contributed by atoms with Crippen molar-refractivity contribution in [1.29, 1.82) is 0 Å². The van der Waals surface area contributed by atoms with Crippen molar-refractivity contribution in [3.63, 3.8) is 0 Å². The van der Waals surface area contributed by atoms with Gasteiger partial charge in [0.05, 0.1) is 5.69 Å². The van der Waals surface area contributed by atoms with E-state index in [1.807, 2.05) is 0 Å². The van der Waals surface area contributed by atoms with Crippen molar-refractivity contribution in [2.24, 2.45) is 0 Å². The van der Waals surface area contributed by atoms with Crippen LogP contribution in [-0.2, 0) is 10.7 Å². The summed E-state index contributed by atoms with van der Waals surface area (Å²) in [6.07, 6.45) is 0.320. The summed E-state index contributed by atoms with van der Waals surface area (Å²) in [7, 11) is -2.63. The molecular formula is C10H12FNO3S. The van der Waals surface area contributed by atoms with Gasteiger partial charge in [-0.25, -0.2) is 12.8 Å². The van der Waals surface area contributed by atoms with Gasteiger partial charge in [-0.1, -0.05) is 6.92 Å². The molecule has 0 saturated heterocycles. The number of carbonyl (C=O) groups excluding carboxylic acids is 1. The van der Waals surface area contributed by atoms with E-state index in [4.69, 9.17) is 0 Å². The summed E-state index contributed by atoms with van der Waals surface area (Å²) >= 11 is 0. The minimum absolute atomic E-state index is 0.0264. The van der Waals surface area contributed by atoms with Crippen LogP contribution in [0.25, 0.3) is 0 Å². The predicted octanol–water partition coefficient (Wildman–Crippen LogP) is 1.40. The van der Waals surface area contributed by atoms with Crippen molar-refractivity contribution in [3.8, 4) is 0 Å². The highest BCUT2D eigenvalue weighted by atomic mass is 32.2. The maximum absolute atomic E-state index is 13.2. The summed E-state index contributed by atoms with van der Waals surface area (Å²) < 4.78 is 33.9. The molecule has 0 atom stereocenters. The molecule has 0 bridgehead atoms. The van der Waals surface area contributed by atoms with E-state index in [0.29, 0.717) is 12.0 Å². The van der Waals surface area contributed by atoms with Gasteiger partial charge in [0.1, 0.15) is 11.7 Å². The predicted molar refractivity (Wildman–Crippen MR) is 59.8 cm³/mol. The molecular weight excluding hydrogens is 233 g/mol. The smallest absolute Gasteiger partial charge is 0.162 e. The lowest BCUT2D eigenvalue weighted by atomic mass is 10.1. The van der Waals surface area contributed by atoms with E-state index in [1.54, 1.807) is 6.92 Å². The Morgan fingerprint density at radius 3 is 2.69 bits per heavy atom. The maximum Gasteiger partial charge on any atom is 0.162 e. The van der Waals surface area contributed by atoms with Crippen LogP contribution in [0.4, 0.5) is 10.1 Å². The summed E-state index contributed by atoms with van der Waals surface area (Å²) in [6, 6.07) is 3.84. The molecule has 16 heavy (non-hydrogen) atoms. The molecule has 4 nitrogen and oxygen atoms in total. The van der Waals surface area contributed by atoms with E-state index in [9.17, 15) is 17.6 Å². The van der Waals surface area contributed by atoms with E-state index < -0.39 is 16.5 Å². The molecule has 0 fully saturated rings. The molecule has 0 unspecified atom stereocenters. The number of halogens is 1. The molecule has 1 rings (SSSR count). The third-order valence-corrected chi connectivity index (χ3v) is 2.42. The zero-order chi connectivity index (χ0) is 12.1. The van der Waals surface area contributed by atoms with Gasteiger partial charge in [0.2, 0.25) is 0 Å². The van der Waals surface area contributed by atoms with Crippen molar-refractivity contribution >= 4 is 22.2 Å². The topological polar surface area (TPSA) is 63.2 Å². The van der Waals surface area contributed by atoms with E-state index in [2.05, 4.69) is 5.32 Å². The van der Waals surface area contributed by atoms with Gasteiger partial charge in [-0.15, -0.1) is 0 Å². The van der Waals surface area contributed by atoms with Crippen molar-refractivity contribution in [2.75, 3.05) is 11.2 Å². The van der Waals surface area contributed by atoms with Crippen LogP contribution in [0.15, 0.2) is 18.2 Å². The summed E-state index contributed by atoms with van der Waals surface area (Å²) in [6.45, 7) is 1.70. The number of ketones is 1. The Balaban J connectivity index is 2.94. The highest BCUT2D eigenvalue weighted by Gasteiger charge is 2.07.